The van der Waals surface area contributed by atoms with Gasteiger partial charge in [0.1, 0.15) is 0 Å². The number of ether oxygens (including phenoxy) is 2. The van der Waals surface area contributed by atoms with Crippen molar-refractivity contribution in [3.63, 3.8) is 0 Å². The maximum absolute atomic E-state index is 11.1. The number of hydrogen-bond donors (Lipinski definition) is 0. The van der Waals surface area contributed by atoms with E-state index in [0.717, 1.165) is 39.1 Å². The number of carbonyl (C=O) groups is 1. The molecule has 0 aliphatic carbocycles. The van der Waals surface area contributed by atoms with Crippen LogP contribution in [0.5, 0.6) is 0 Å². The van der Waals surface area contributed by atoms with Crippen LogP contribution in [0.4, 0.5) is 0 Å². The summed E-state index contributed by atoms with van der Waals surface area (Å²) in [5, 5.41) is 0. The number of hydrogen-bond acceptors (Lipinski definition) is 4. The normalized spacial score (nSPS) is 18.7. The van der Waals surface area contributed by atoms with Gasteiger partial charge >= 0.3 is 5.97 Å². The summed E-state index contributed by atoms with van der Waals surface area (Å²) in [4.78, 5) is 13.4. The van der Waals surface area contributed by atoms with Crippen molar-refractivity contribution in [2.24, 2.45) is 0 Å². The summed E-state index contributed by atoms with van der Waals surface area (Å²) in [6.07, 6.45) is 5.98. The van der Waals surface area contributed by atoms with E-state index in [0.29, 0.717) is 12.7 Å². The van der Waals surface area contributed by atoms with E-state index in [1.54, 1.807) is 0 Å². The molecule has 0 unspecified atom stereocenters. The highest BCUT2D eigenvalue weighted by Gasteiger charge is 2.17. The lowest BCUT2D eigenvalue weighted by Crippen LogP contribution is -2.37. The fourth-order valence-corrected chi connectivity index (χ4v) is 1.98. The van der Waals surface area contributed by atoms with Crippen LogP contribution >= 0.6 is 0 Å². The van der Waals surface area contributed by atoms with Crippen molar-refractivity contribution in [1.29, 1.82) is 0 Å². The molecule has 4 heteroatoms. The summed E-state index contributed by atoms with van der Waals surface area (Å²) in [5.74, 6) is -0.253. The minimum Gasteiger partial charge on any atom is -0.463 e. The van der Waals surface area contributed by atoms with Crippen LogP contribution in [0, 0.1) is 0 Å². The summed E-state index contributed by atoms with van der Waals surface area (Å²) in [6.45, 7) is 7.97. The Hall–Kier alpha value is -0.870. The molecule has 1 heterocycles. The molecule has 0 spiro atoms. The van der Waals surface area contributed by atoms with Crippen molar-refractivity contribution in [2.45, 2.75) is 32.8 Å². The van der Waals surface area contributed by atoms with Gasteiger partial charge < -0.3 is 9.47 Å². The molecule has 1 aliphatic rings. The molecule has 98 valence electrons. The Balaban J connectivity index is 2.15. The summed E-state index contributed by atoms with van der Waals surface area (Å²) >= 11 is 0. The van der Waals surface area contributed by atoms with Gasteiger partial charge in [0, 0.05) is 32.3 Å². The number of carbonyl (C=O) groups excluding carboxylic acids is 1. The zero-order valence-electron chi connectivity index (χ0n) is 10.9. The number of likely N-dealkylation sites (tertiary alicyclic amines) is 1. The first kappa shape index (κ1) is 14.2. The largest absolute Gasteiger partial charge is 0.463 e. The van der Waals surface area contributed by atoms with Crippen LogP contribution in [-0.2, 0) is 14.3 Å². The van der Waals surface area contributed by atoms with Crippen LogP contribution in [-0.4, -0.2) is 49.8 Å². The van der Waals surface area contributed by atoms with Crippen molar-refractivity contribution < 1.29 is 14.3 Å². The molecular formula is C13H23NO3. The molecule has 0 amide bonds. The molecule has 0 atom stereocenters. The summed E-state index contributed by atoms with van der Waals surface area (Å²) in [7, 11) is 0. The van der Waals surface area contributed by atoms with Gasteiger partial charge in [-0.1, -0.05) is 6.08 Å². The number of piperidine rings is 1. The SMILES string of the molecule is CCOC(=O)/C=C/CN1CCC(OCC)CC1. The van der Waals surface area contributed by atoms with E-state index in [1.165, 1.54) is 6.08 Å². The van der Waals surface area contributed by atoms with E-state index in [9.17, 15) is 4.79 Å². The number of rotatable bonds is 6. The molecule has 1 fully saturated rings. The molecule has 0 aromatic rings. The number of esters is 1. The highest BCUT2D eigenvalue weighted by Crippen LogP contribution is 2.13. The van der Waals surface area contributed by atoms with Crippen molar-refractivity contribution >= 4 is 5.97 Å². The molecule has 1 rings (SSSR count). The Morgan fingerprint density at radius 3 is 2.59 bits per heavy atom. The van der Waals surface area contributed by atoms with E-state index in [2.05, 4.69) is 4.90 Å². The molecule has 0 aromatic carbocycles. The molecule has 0 saturated carbocycles. The molecule has 4 nitrogen and oxygen atoms in total. The first-order valence-electron chi connectivity index (χ1n) is 6.43. The third-order valence-corrected chi connectivity index (χ3v) is 2.84. The Morgan fingerprint density at radius 2 is 2.00 bits per heavy atom. The molecule has 0 aromatic heterocycles. The van der Waals surface area contributed by atoms with E-state index < -0.39 is 0 Å². The first-order chi connectivity index (χ1) is 8.26. The predicted octanol–water partition coefficient (Wildman–Crippen LogP) is 1.61. The maximum Gasteiger partial charge on any atom is 0.330 e. The standard InChI is InChI=1S/C13H23NO3/c1-3-16-12-7-10-14(11-8-12)9-5-6-13(15)17-4-2/h5-6,12H,3-4,7-11H2,1-2H3/b6-5+. The lowest BCUT2D eigenvalue weighted by atomic mass is 10.1. The first-order valence-corrected chi connectivity index (χ1v) is 6.43. The Morgan fingerprint density at radius 1 is 1.29 bits per heavy atom. The topological polar surface area (TPSA) is 38.8 Å². The Bertz CT molecular complexity index is 245. The van der Waals surface area contributed by atoms with Crippen LogP contribution in [0.3, 0.4) is 0 Å². The Labute approximate surface area is 104 Å². The molecule has 1 saturated heterocycles. The van der Waals surface area contributed by atoms with Gasteiger partial charge in [-0.05, 0) is 26.7 Å². The maximum atomic E-state index is 11.1. The fourth-order valence-electron chi connectivity index (χ4n) is 1.98. The van der Waals surface area contributed by atoms with Gasteiger partial charge in [0.15, 0.2) is 0 Å². The fraction of sp³-hybridized carbons (Fsp3) is 0.769. The van der Waals surface area contributed by atoms with E-state index in [4.69, 9.17) is 9.47 Å². The summed E-state index contributed by atoms with van der Waals surface area (Å²) in [6, 6.07) is 0. The monoisotopic (exact) mass is 241 g/mol. The lowest BCUT2D eigenvalue weighted by molar-refractivity contribution is -0.137. The second-order valence-corrected chi connectivity index (χ2v) is 4.11. The van der Waals surface area contributed by atoms with Crippen LogP contribution < -0.4 is 0 Å². The second kappa shape index (κ2) is 8.25. The van der Waals surface area contributed by atoms with Crippen LogP contribution in [0.1, 0.15) is 26.7 Å². The van der Waals surface area contributed by atoms with Crippen LogP contribution in [0.15, 0.2) is 12.2 Å². The van der Waals surface area contributed by atoms with Gasteiger partial charge in [0.25, 0.3) is 0 Å². The van der Waals surface area contributed by atoms with Gasteiger partial charge in [-0.2, -0.15) is 0 Å². The van der Waals surface area contributed by atoms with Gasteiger partial charge in [0.05, 0.1) is 12.7 Å². The van der Waals surface area contributed by atoms with E-state index in [1.807, 2.05) is 19.9 Å². The summed E-state index contributed by atoms with van der Waals surface area (Å²) < 4.78 is 10.4. The molecule has 0 radical (unpaired) electrons. The second-order valence-electron chi connectivity index (χ2n) is 4.11. The van der Waals surface area contributed by atoms with Gasteiger partial charge in [0.2, 0.25) is 0 Å². The third-order valence-electron chi connectivity index (χ3n) is 2.84. The van der Waals surface area contributed by atoms with E-state index in [-0.39, 0.29) is 5.97 Å². The molecule has 1 aliphatic heterocycles. The minimum absolute atomic E-state index is 0.253. The highest BCUT2D eigenvalue weighted by atomic mass is 16.5. The molecule has 0 bridgehead atoms. The van der Waals surface area contributed by atoms with Crippen molar-refractivity contribution in [2.75, 3.05) is 32.8 Å². The zero-order chi connectivity index (χ0) is 12.5. The lowest BCUT2D eigenvalue weighted by Gasteiger charge is -2.30. The van der Waals surface area contributed by atoms with Gasteiger partial charge in [-0.15, -0.1) is 0 Å². The van der Waals surface area contributed by atoms with Crippen LogP contribution in [0.2, 0.25) is 0 Å². The Kier molecular flexibility index (Phi) is 6.89. The van der Waals surface area contributed by atoms with Crippen molar-refractivity contribution in [3.8, 4) is 0 Å². The van der Waals surface area contributed by atoms with E-state index >= 15 is 0 Å². The minimum atomic E-state index is -0.253. The van der Waals surface area contributed by atoms with Crippen molar-refractivity contribution in [3.05, 3.63) is 12.2 Å². The number of nitrogens with zero attached hydrogens (tertiary/aromatic N) is 1. The van der Waals surface area contributed by atoms with Gasteiger partial charge in [-0.3, -0.25) is 4.90 Å². The quantitative estimate of drug-likeness (QED) is 0.523. The third kappa shape index (κ3) is 5.84. The average molecular weight is 241 g/mol. The highest BCUT2D eigenvalue weighted by molar-refractivity contribution is 5.81. The molecule has 0 N–H and O–H groups in total. The predicted molar refractivity (Wildman–Crippen MR) is 66.9 cm³/mol. The average Bonchev–Trinajstić information content (AvgIpc) is 2.32. The van der Waals surface area contributed by atoms with Crippen molar-refractivity contribution in [1.82, 2.24) is 4.90 Å². The van der Waals surface area contributed by atoms with Gasteiger partial charge in [-0.25, -0.2) is 4.79 Å². The molecular weight excluding hydrogens is 218 g/mol. The molecule has 17 heavy (non-hydrogen) atoms. The van der Waals surface area contributed by atoms with Crippen LogP contribution in [0.25, 0.3) is 0 Å². The smallest absolute Gasteiger partial charge is 0.330 e. The zero-order valence-corrected chi connectivity index (χ0v) is 10.9. The summed E-state index contributed by atoms with van der Waals surface area (Å²) in [5.41, 5.74) is 0.